The van der Waals surface area contributed by atoms with Gasteiger partial charge in [-0.25, -0.2) is 0 Å². The largest absolute Gasteiger partial charge is 0.309 e. The summed E-state index contributed by atoms with van der Waals surface area (Å²) in [4.78, 5) is 0. The third kappa shape index (κ3) is 3.82. The van der Waals surface area contributed by atoms with Gasteiger partial charge in [0.25, 0.3) is 0 Å². The van der Waals surface area contributed by atoms with Gasteiger partial charge in [0.05, 0.1) is 22.1 Å². The Bertz CT molecular complexity index is 2420. The number of aromatic nitrogens is 2. The van der Waals surface area contributed by atoms with Crippen LogP contribution in [0.4, 0.5) is 0 Å². The highest BCUT2D eigenvalue weighted by Gasteiger charge is 2.15. The maximum atomic E-state index is 2.40. The van der Waals surface area contributed by atoms with Gasteiger partial charge >= 0.3 is 0 Å². The molecule has 0 amide bonds. The maximum Gasteiger partial charge on any atom is 0.0541 e. The second-order valence-electron chi connectivity index (χ2n) is 11.4. The van der Waals surface area contributed by atoms with Crippen LogP contribution >= 0.6 is 0 Å². The highest BCUT2D eigenvalue weighted by Crippen LogP contribution is 2.37. The average Bonchev–Trinajstić information content (AvgIpc) is 3.62. The van der Waals surface area contributed by atoms with E-state index in [0.717, 1.165) is 0 Å². The number of para-hydroxylation sites is 3. The monoisotopic (exact) mass is 560 g/mol. The average molecular weight is 561 g/mol. The van der Waals surface area contributed by atoms with E-state index in [4.69, 9.17) is 0 Å². The lowest BCUT2D eigenvalue weighted by molar-refractivity contribution is 1.18. The van der Waals surface area contributed by atoms with Gasteiger partial charge in [0.15, 0.2) is 0 Å². The van der Waals surface area contributed by atoms with Crippen LogP contribution in [-0.4, -0.2) is 9.13 Å². The van der Waals surface area contributed by atoms with Gasteiger partial charge in [-0.1, -0.05) is 115 Å². The van der Waals surface area contributed by atoms with Crippen LogP contribution in [0.25, 0.3) is 77.2 Å². The Labute approximate surface area is 255 Å². The van der Waals surface area contributed by atoms with Crippen LogP contribution in [0.15, 0.2) is 170 Å². The first-order chi connectivity index (χ1) is 21.8. The summed E-state index contributed by atoms with van der Waals surface area (Å²) >= 11 is 0. The number of hydrogen-bond donors (Lipinski definition) is 0. The van der Waals surface area contributed by atoms with Crippen molar-refractivity contribution in [3.63, 3.8) is 0 Å². The minimum atomic E-state index is 1.17. The molecule has 0 fully saturated rings. The zero-order chi connectivity index (χ0) is 29.0. The molecule has 0 aliphatic carbocycles. The molecule has 7 aromatic carbocycles. The van der Waals surface area contributed by atoms with Gasteiger partial charge in [0.1, 0.15) is 0 Å². The standard InChI is InChI=1S/C42H28N2/c1-2-11-29(12-3-1)31-13-10-14-34(27-31)44-41-20-9-6-17-37(41)38-28-32(23-26-42(38)44)30-21-24-33(25-22-30)43-39-18-7-4-15-35(39)36-16-5-8-19-40(36)43/h1-28H. The van der Waals surface area contributed by atoms with Crippen LogP contribution in [0, 0.1) is 0 Å². The van der Waals surface area contributed by atoms with E-state index in [1.807, 2.05) is 0 Å². The molecule has 0 aliphatic rings. The Balaban J connectivity index is 1.16. The van der Waals surface area contributed by atoms with Gasteiger partial charge < -0.3 is 9.13 Å². The number of benzene rings is 7. The van der Waals surface area contributed by atoms with Gasteiger partial charge in [-0.15, -0.1) is 0 Å². The quantitative estimate of drug-likeness (QED) is 0.203. The topological polar surface area (TPSA) is 9.86 Å². The summed E-state index contributed by atoms with van der Waals surface area (Å²) < 4.78 is 4.76. The molecule has 0 bridgehead atoms. The molecule has 0 radical (unpaired) electrons. The van der Waals surface area contributed by atoms with Crippen LogP contribution in [-0.2, 0) is 0 Å². The van der Waals surface area contributed by atoms with E-state index in [-0.39, 0.29) is 0 Å². The summed E-state index contributed by atoms with van der Waals surface area (Å²) in [6, 6.07) is 61.4. The summed E-state index contributed by atoms with van der Waals surface area (Å²) in [7, 11) is 0. The van der Waals surface area contributed by atoms with Gasteiger partial charge in [-0.3, -0.25) is 0 Å². The van der Waals surface area contributed by atoms with Crippen LogP contribution in [0.1, 0.15) is 0 Å². The minimum Gasteiger partial charge on any atom is -0.309 e. The van der Waals surface area contributed by atoms with Crippen molar-refractivity contribution in [3.05, 3.63) is 170 Å². The van der Waals surface area contributed by atoms with E-state index in [9.17, 15) is 0 Å². The number of hydrogen-bond acceptors (Lipinski definition) is 0. The smallest absolute Gasteiger partial charge is 0.0541 e. The molecule has 0 N–H and O–H groups in total. The van der Waals surface area contributed by atoms with E-state index in [0.29, 0.717) is 0 Å². The Kier molecular flexibility index (Phi) is 5.54. The lowest BCUT2D eigenvalue weighted by atomic mass is 10.0. The van der Waals surface area contributed by atoms with Crippen LogP contribution in [0.5, 0.6) is 0 Å². The molecule has 0 spiro atoms. The Morgan fingerprint density at radius 2 is 0.705 bits per heavy atom. The first-order valence-corrected chi connectivity index (χ1v) is 15.1. The molecule has 2 heterocycles. The Morgan fingerprint density at radius 3 is 1.36 bits per heavy atom. The molecule has 0 saturated heterocycles. The second-order valence-corrected chi connectivity index (χ2v) is 11.4. The third-order valence-corrected chi connectivity index (χ3v) is 8.92. The fourth-order valence-electron chi connectivity index (χ4n) is 6.89. The summed E-state index contributed by atoms with van der Waals surface area (Å²) in [5.41, 5.74) is 12.1. The van der Waals surface area contributed by atoms with Crippen molar-refractivity contribution in [2.45, 2.75) is 0 Å². The molecule has 9 rings (SSSR count). The van der Waals surface area contributed by atoms with E-state index < -0.39 is 0 Å². The molecule has 2 heteroatoms. The molecule has 2 nitrogen and oxygen atoms in total. The Morgan fingerprint density at radius 1 is 0.250 bits per heavy atom. The highest BCUT2D eigenvalue weighted by molar-refractivity contribution is 6.11. The summed E-state index contributed by atoms with van der Waals surface area (Å²) in [5, 5.41) is 5.08. The summed E-state index contributed by atoms with van der Waals surface area (Å²) in [5.74, 6) is 0. The van der Waals surface area contributed by atoms with Gasteiger partial charge in [0, 0.05) is 32.9 Å². The lowest BCUT2D eigenvalue weighted by Crippen LogP contribution is -1.94. The normalized spacial score (nSPS) is 11.6. The first kappa shape index (κ1) is 24.7. The van der Waals surface area contributed by atoms with Gasteiger partial charge in [-0.05, 0) is 76.9 Å². The lowest BCUT2D eigenvalue weighted by Gasteiger charge is -2.11. The van der Waals surface area contributed by atoms with Crippen molar-refractivity contribution in [3.8, 4) is 33.6 Å². The van der Waals surface area contributed by atoms with Crippen molar-refractivity contribution in [1.29, 1.82) is 0 Å². The highest BCUT2D eigenvalue weighted by atomic mass is 15.0. The van der Waals surface area contributed by atoms with Crippen molar-refractivity contribution < 1.29 is 0 Å². The fourth-order valence-corrected chi connectivity index (χ4v) is 6.89. The molecule has 0 atom stereocenters. The van der Waals surface area contributed by atoms with Crippen molar-refractivity contribution in [2.24, 2.45) is 0 Å². The van der Waals surface area contributed by atoms with Gasteiger partial charge in [0.2, 0.25) is 0 Å². The summed E-state index contributed by atoms with van der Waals surface area (Å²) in [6.45, 7) is 0. The second kappa shape index (κ2) is 9.86. The third-order valence-electron chi connectivity index (χ3n) is 8.92. The molecular weight excluding hydrogens is 532 g/mol. The molecular formula is C42H28N2. The van der Waals surface area contributed by atoms with Crippen LogP contribution in [0.3, 0.4) is 0 Å². The van der Waals surface area contributed by atoms with Gasteiger partial charge in [-0.2, -0.15) is 0 Å². The van der Waals surface area contributed by atoms with Crippen molar-refractivity contribution in [2.75, 3.05) is 0 Å². The molecule has 44 heavy (non-hydrogen) atoms. The van der Waals surface area contributed by atoms with Crippen molar-refractivity contribution in [1.82, 2.24) is 9.13 Å². The van der Waals surface area contributed by atoms with E-state index in [2.05, 4.69) is 179 Å². The zero-order valence-electron chi connectivity index (χ0n) is 24.1. The molecule has 0 aliphatic heterocycles. The molecule has 0 unspecified atom stereocenters. The fraction of sp³-hybridized carbons (Fsp3) is 0. The van der Waals surface area contributed by atoms with E-state index in [1.54, 1.807) is 0 Å². The molecule has 2 aromatic heterocycles. The maximum absolute atomic E-state index is 2.40. The summed E-state index contributed by atoms with van der Waals surface area (Å²) in [6.07, 6.45) is 0. The number of rotatable bonds is 4. The first-order valence-electron chi connectivity index (χ1n) is 15.1. The number of fused-ring (bicyclic) bond motifs is 6. The zero-order valence-corrected chi connectivity index (χ0v) is 24.1. The van der Waals surface area contributed by atoms with E-state index >= 15 is 0 Å². The molecule has 9 aromatic rings. The Hall–Kier alpha value is -5.86. The minimum absolute atomic E-state index is 1.17. The van der Waals surface area contributed by atoms with Crippen LogP contribution in [0.2, 0.25) is 0 Å². The SMILES string of the molecule is c1ccc(-c2cccc(-n3c4ccccc4c4cc(-c5ccc(-n6c7ccccc7c7ccccc76)cc5)ccc43)c2)cc1. The molecule has 0 saturated carbocycles. The molecule has 206 valence electrons. The van der Waals surface area contributed by atoms with E-state index in [1.165, 1.54) is 77.2 Å². The number of nitrogens with zero attached hydrogens (tertiary/aromatic N) is 2. The predicted octanol–water partition coefficient (Wildman–Crippen LogP) is 11.2. The van der Waals surface area contributed by atoms with Crippen LogP contribution < -0.4 is 0 Å². The predicted molar refractivity (Wildman–Crippen MR) is 186 cm³/mol. The van der Waals surface area contributed by atoms with Crippen molar-refractivity contribution >= 4 is 43.6 Å².